The molecule has 1 aromatic carbocycles. The van der Waals surface area contributed by atoms with Crippen molar-refractivity contribution in [2.45, 2.75) is 0 Å². The van der Waals surface area contributed by atoms with Gasteiger partial charge in [0.1, 0.15) is 12.1 Å². The maximum absolute atomic E-state index is 13.0. The van der Waals surface area contributed by atoms with Crippen LogP contribution in [0.25, 0.3) is 10.9 Å². The largest absolute Gasteiger partial charge is 0.366 e. The van der Waals surface area contributed by atoms with Gasteiger partial charge in [-0.05, 0) is 12.1 Å². The second-order valence-corrected chi connectivity index (χ2v) is 2.78. The number of nitrogens with two attached hydrogens (primary N) is 1. The molecule has 0 aliphatic rings. The number of carbonyl (C=O) groups excluding carboxylic acids is 1. The van der Waals surface area contributed by atoms with Crippen LogP contribution in [0.5, 0.6) is 0 Å². The van der Waals surface area contributed by atoms with Crippen LogP contribution < -0.4 is 5.73 Å². The molecule has 0 radical (unpaired) electrons. The molecule has 0 fully saturated rings. The maximum Gasteiger partial charge on any atom is 0.251 e. The summed E-state index contributed by atoms with van der Waals surface area (Å²) in [5.41, 5.74) is 5.52. The fourth-order valence-electron chi connectivity index (χ4n) is 1.26. The van der Waals surface area contributed by atoms with Crippen molar-refractivity contribution in [3.05, 3.63) is 36.0 Å². The predicted molar refractivity (Wildman–Crippen MR) is 48.0 cm³/mol. The van der Waals surface area contributed by atoms with E-state index in [1.54, 1.807) is 0 Å². The van der Waals surface area contributed by atoms with Crippen LogP contribution in [0.3, 0.4) is 0 Å². The van der Waals surface area contributed by atoms with Gasteiger partial charge in [0.25, 0.3) is 5.91 Å². The Hall–Kier alpha value is -2.04. The monoisotopic (exact) mass is 191 g/mol. The van der Waals surface area contributed by atoms with E-state index in [-0.39, 0.29) is 5.56 Å². The molecule has 0 spiro atoms. The van der Waals surface area contributed by atoms with Crippen molar-refractivity contribution >= 4 is 16.8 Å². The quantitative estimate of drug-likeness (QED) is 0.727. The van der Waals surface area contributed by atoms with E-state index in [4.69, 9.17) is 5.73 Å². The highest BCUT2D eigenvalue weighted by Crippen LogP contribution is 2.16. The second kappa shape index (κ2) is 3.02. The first-order valence-electron chi connectivity index (χ1n) is 3.87. The molecule has 5 heteroatoms. The zero-order valence-electron chi connectivity index (χ0n) is 7.07. The predicted octanol–water partition coefficient (Wildman–Crippen LogP) is 0.868. The summed E-state index contributed by atoms with van der Waals surface area (Å²) in [5, 5.41) is 0.460. The number of hydrogen-bond donors (Lipinski definition) is 1. The summed E-state index contributed by atoms with van der Waals surface area (Å²) in [6.45, 7) is 0. The van der Waals surface area contributed by atoms with Crippen molar-refractivity contribution in [1.29, 1.82) is 0 Å². The summed E-state index contributed by atoms with van der Waals surface area (Å²) < 4.78 is 13.0. The summed E-state index contributed by atoms with van der Waals surface area (Å²) in [5.74, 6) is -1.23. The van der Waals surface area contributed by atoms with Gasteiger partial charge < -0.3 is 5.73 Å². The standard InChI is InChI=1S/C9H6FN3O/c10-6-1-5-3-12-4-13-8(5)7(2-6)9(11)14/h1-4H,(H2,11,14). The number of aromatic nitrogens is 2. The fraction of sp³-hybridized carbons (Fsp3) is 0. The molecule has 2 N–H and O–H groups in total. The molecular formula is C9H6FN3O. The van der Waals surface area contributed by atoms with E-state index in [1.807, 2.05) is 0 Å². The molecule has 0 saturated carbocycles. The number of fused-ring (bicyclic) bond motifs is 1. The summed E-state index contributed by atoms with van der Waals surface area (Å²) in [6.07, 6.45) is 2.71. The lowest BCUT2D eigenvalue weighted by molar-refractivity contribution is 0.100. The number of nitrogens with zero attached hydrogens (tertiary/aromatic N) is 2. The minimum atomic E-state index is -0.701. The van der Waals surface area contributed by atoms with E-state index in [0.29, 0.717) is 10.9 Å². The lowest BCUT2D eigenvalue weighted by atomic mass is 10.1. The minimum Gasteiger partial charge on any atom is -0.366 e. The number of primary amides is 1. The molecule has 0 atom stereocenters. The number of carbonyl (C=O) groups is 1. The zero-order chi connectivity index (χ0) is 10.1. The molecule has 0 aliphatic carbocycles. The Morgan fingerprint density at radius 1 is 1.43 bits per heavy atom. The van der Waals surface area contributed by atoms with Gasteiger partial charge in [0.05, 0.1) is 11.1 Å². The number of hydrogen-bond acceptors (Lipinski definition) is 3. The molecule has 14 heavy (non-hydrogen) atoms. The van der Waals surface area contributed by atoms with Crippen molar-refractivity contribution in [3.8, 4) is 0 Å². The normalized spacial score (nSPS) is 10.4. The van der Waals surface area contributed by atoms with Crippen LogP contribution in [0.1, 0.15) is 10.4 Å². The van der Waals surface area contributed by atoms with Crippen LogP contribution in [0.2, 0.25) is 0 Å². The van der Waals surface area contributed by atoms with E-state index >= 15 is 0 Å². The maximum atomic E-state index is 13.0. The van der Waals surface area contributed by atoms with E-state index < -0.39 is 11.7 Å². The third-order valence-corrected chi connectivity index (χ3v) is 1.84. The van der Waals surface area contributed by atoms with Gasteiger partial charge in [-0.15, -0.1) is 0 Å². The van der Waals surface area contributed by atoms with Crippen molar-refractivity contribution in [2.75, 3.05) is 0 Å². The first-order chi connectivity index (χ1) is 6.68. The summed E-state index contributed by atoms with van der Waals surface area (Å²) in [7, 11) is 0. The van der Waals surface area contributed by atoms with Gasteiger partial charge in [-0.2, -0.15) is 0 Å². The van der Waals surface area contributed by atoms with Gasteiger partial charge in [-0.1, -0.05) is 0 Å². The van der Waals surface area contributed by atoms with E-state index in [1.165, 1.54) is 18.6 Å². The van der Waals surface area contributed by atoms with Gasteiger partial charge >= 0.3 is 0 Å². The molecule has 1 amide bonds. The van der Waals surface area contributed by atoms with Gasteiger partial charge in [-0.3, -0.25) is 4.79 Å². The first-order valence-corrected chi connectivity index (χ1v) is 3.87. The molecule has 2 aromatic rings. The third kappa shape index (κ3) is 1.28. The van der Waals surface area contributed by atoms with Crippen molar-refractivity contribution in [2.24, 2.45) is 5.73 Å². The Balaban J connectivity index is 2.87. The third-order valence-electron chi connectivity index (χ3n) is 1.84. The summed E-state index contributed by atoms with van der Waals surface area (Å²) >= 11 is 0. The van der Waals surface area contributed by atoms with Crippen molar-refractivity contribution < 1.29 is 9.18 Å². The second-order valence-electron chi connectivity index (χ2n) is 2.78. The van der Waals surface area contributed by atoms with E-state index in [2.05, 4.69) is 9.97 Å². The molecule has 0 saturated heterocycles. The number of rotatable bonds is 1. The number of halogens is 1. The number of benzene rings is 1. The van der Waals surface area contributed by atoms with Gasteiger partial charge in [0.2, 0.25) is 0 Å². The minimum absolute atomic E-state index is 0.0717. The van der Waals surface area contributed by atoms with Crippen LogP contribution >= 0.6 is 0 Å². The Kier molecular flexibility index (Phi) is 1.85. The Morgan fingerprint density at radius 3 is 2.93 bits per heavy atom. The molecule has 0 unspecified atom stereocenters. The van der Waals surface area contributed by atoms with Crippen LogP contribution in [-0.2, 0) is 0 Å². The molecule has 0 aliphatic heterocycles. The first kappa shape index (κ1) is 8.55. The average molecular weight is 191 g/mol. The molecule has 1 aromatic heterocycles. The lowest BCUT2D eigenvalue weighted by Gasteiger charge is -2.01. The Bertz CT molecular complexity index is 512. The van der Waals surface area contributed by atoms with Gasteiger partial charge in [0.15, 0.2) is 0 Å². The zero-order valence-corrected chi connectivity index (χ0v) is 7.07. The van der Waals surface area contributed by atoms with Crippen molar-refractivity contribution in [1.82, 2.24) is 9.97 Å². The molecule has 0 bridgehead atoms. The number of amides is 1. The molecule has 1 heterocycles. The van der Waals surface area contributed by atoms with Gasteiger partial charge in [-0.25, -0.2) is 14.4 Å². The van der Waals surface area contributed by atoms with Crippen LogP contribution in [0.4, 0.5) is 4.39 Å². The Labute approximate surface area is 78.6 Å². The highest BCUT2D eigenvalue weighted by Gasteiger charge is 2.09. The fourth-order valence-corrected chi connectivity index (χ4v) is 1.26. The average Bonchev–Trinajstić information content (AvgIpc) is 2.16. The lowest BCUT2D eigenvalue weighted by Crippen LogP contribution is -2.12. The van der Waals surface area contributed by atoms with Crippen molar-refractivity contribution in [3.63, 3.8) is 0 Å². The summed E-state index contributed by atoms with van der Waals surface area (Å²) in [4.78, 5) is 18.6. The van der Waals surface area contributed by atoms with Gasteiger partial charge in [0, 0.05) is 11.6 Å². The molecule has 70 valence electrons. The van der Waals surface area contributed by atoms with Crippen LogP contribution in [0.15, 0.2) is 24.7 Å². The van der Waals surface area contributed by atoms with Crippen LogP contribution in [0, 0.1) is 5.82 Å². The topological polar surface area (TPSA) is 68.9 Å². The molecule has 2 rings (SSSR count). The molecular weight excluding hydrogens is 185 g/mol. The molecule has 4 nitrogen and oxygen atoms in total. The summed E-state index contributed by atoms with van der Waals surface area (Å²) in [6, 6.07) is 2.32. The van der Waals surface area contributed by atoms with E-state index in [0.717, 1.165) is 6.07 Å². The van der Waals surface area contributed by atoms with Crippen LogP contribution in [-0.4, -0.2) is 15.9 Å². The highest BCUT2D eigenvalue weighted by molar-refractivity contribution is 6.04. The van der Waals surface area contributed by atoms with E-state index in [9.17, 15) is 9.18 Å². The Morgan fingerprint density at radius 2 is 2.21 bits per heavy atom. The SMILES string of the molecule is NC(=O)c1cc(F)cc2cncnc12. The smallest absolute Gasteiger partial charge is 0.251 e. The highest BCUT2D eigenvalue weighted by atomic mass is 19.1.